The van der Waals surface area contributed by atoms with Crippen LogP contribution in [0.1, 0.15) is 35.2 Å². The van der Waals surface area contributed by atoms with Crippen molar-refractivity contribution in [3.63, 3.8) is 0 Å². The summed E-state index contributed by atoms with van der Waals surface area (Å²) in [6.45, 7) is 2.16. The van der Waals surface area contributed by atoms with Gasteiger partial charge in [0.2, 0.25) is 0 Å². The highest BCUT2D eigenvalue weighted by atomic mass is 15.0. The van der Waals surface area contributed by atoms with Crippen LogP contribution in [0.5, 0.6) is 0 Å². The molecule has 1 unspecified atom stereocenters. The molecule has 1 atom stereocenters. The number of rotatable bonds is 4. The average Bonchev–Trinajstić information content (AvgIpc) is 3.96. The molecule has 0 aliphatic heterocycles. The van der Waals surface area contributed by atoms with Gasteiger partial charge in [0.15, 0.2) is 0 Å². The predicted molar refractivity (Wildman–Crippen MR) is 259 cm³/mol. The van der Waals surface area contributed by atoms with Gasteiger partial charge in [0.1, 0.15) is 0 Å². The summed E-state index contributed by atoms with van der Waals surface area (Å²) in [5.41, 5.74) is 20.5. The summed E-state index contributed by atoms with van der Waals surface area (Å²) in [7, 11) is 0. The fraction of sp³-hybridized carbons (Fsp3) is 0.0508. The molecule has 2 nitrogen and oxygen atoms in total. The van der Waals surface area contributed by atoms with E-state index in [4.69, 9.17) is 0 Å². The SMILES string of the molecule is C/C=C1/c2ccccc2-c2cccc(-c3ccc4c(c3)C=CC(n3c5ccccc5c5cc(-c6ccc7c(c6)c6c8ccccc8ccc6n7-c6ccccc6)ccc53)C4)c21. The average molecular weight is 777 g/mol. The van der Waals surface area contributed by atoms with E-state index in [-0.39, 0.29) is 6.04 Å². The molecule has 2 aliphatic rings. The van der Waals surface area contributed by atoms with E-state index >= 15 is 0 Å². The molecule has 2 heteroatoms. The molecule has 2 aliphatic carbocycles. The van der Waals surface area contributed by atoms with Gasteiger partial charge in [0.25, 0.3) is 0 Å². The van der Waals surface area contributed by atoms with Gasteiger partial charge in [-0.2, -0.15) is 0 Å². The number of allylic oxidation sites excluding steroid dienone is 2. The molecule has 0 amide bonds. The van der Waals surface area contributed by atoms with E-state index < -0.39 is 0 Å². The predicted octanol–water partition coefficient (Wildman–Crippen LogP) is 15.6. The van der Waals surface area contributed by atoms with Crippen LogP contribution in [0.15, 0.2) is 200 Å². The lowest BCUT2D eigenvalue weighted by Gasteiger charge is -2.24. The lowest BCUT2D eigenvalue weighted by molar-refractivity contribution is 0.635. The van der Waals surface area contributed by atoms with Gasteiger partial charge in [0.05, 0.1) is 17.1 Å². The van der Waals surface area contributed by atoms with E-state index in [0.717, 1.165) is 6.42 Å². The monoisotopic (exact) mass is 776 g/mol. The van der Waals surface area contributed by atoms with Crippen molar-refractivity contribution in [1.29, 1.82) is 0 Å². The molecule has 2 aromatic heterocycles. The fourth-order valence-corrected chi connectivity index (χ4v) is 10.8. The molecule has 0 saturated heterocycles. The normalized spacial score (nSPS) is 15.0. The third kappa shape index (κ3) is 5.03. The van der Waals surface area contributed by atoms with E-state index in [1.165, 1.54) is 121 Å². The highest BCUT2D eigenvalue weighted by molar-refractivity contribution is 6.22. The van der Waals surface area contributed by atoms with Crippen molar-refractivity contribution in [1.82, 2.24) is 9.13 Å². The molecule has 9 aromatic carbocycles. The Morgan fingerprint density at radius 1 is 0.475 bits per heavy atom. The maximum Gasteiger partial charge on any atom is 0.0566 e. The Morgan fingerprint density at radius 3 is 2.02 bits per heavy atom. The van der Waals surface area contributed by atoms with E-state index in [0.29, 0.717) is 0 Å². The van der Waals surface area contributed by atoms with Gasteiger partial charge in [-0.05, 0) is 140 Å². The van der Waals surface area contributed by atoms with Crippen LogP contribution in [-0.2, 0) is 6.42 Å². The molecule has 11 aromatic rings. The molecule has 0 N–H and O–H groups in total. The van der Waals surface area contributed by atoms with Gasteiger partial charge < -0.3 is 9.13 Å². The first kappa shape index (κ1) is 34.2. The number of hydrogen-bond acceptors (Lipinski definition) is 0. The molecule has 0 bridgehead atoms. The first-order valence-electron chi connectivity index (χ1n) is 21.5. The Balaban J connectivity index is 0.901. The number of aromatic nitrogens is 2. The van der Waals surface area contributed by atoms with Crippen LogP contribution in [0.25, 0.3) is 105 Å². The summed E-state index contributed by atoms with van der Waals surface area (Å²) in [5, 5.41) is 7.70. The number of nitrogens with zero attached hydrogens (tertiary/aromatic N) is 2. The lowest BCUT2D eigenvalue weighted by Crippen LogP contribution is -2.13. The fourth-order valence-electron chi connectivity index (χ4n) is 10.8. The third-order valence-electron chi connectivity index (χ3n) is 13.6. The Kier molecular flexibility index (Phi) is 7.38. The lowest BCUT2D eigenvalue weighted by atomic mass is 9.88. The van der Waals surface area contributed by atoms with Crippen LogP contribution in [-0.4, -0.2) is 9.13 Å². The summed E-state index contributed by atoms with van der Waals surface area (Å²) >= 11 is 0. The zero-order chi connectivity index (χ0) is 40.2. The second kappa shape index (κ2) is 13.2. The van der Waals surface area contributed by atoms with Crippen LogP contribution in [0, 0.1) is 0 Å². The molecular formula is C59H40N2. The highest BCUT2D eigenvalue weighted by Gasteiger charge is 2.27. The van der Waals surface area contributed by atoms with Gasteiger partial charge in [-0.15, -0.1) is 0 Å². The summed E-state index contributed by atoms with van der Waals surface area (Å²) in [5.74, 6) is 0. The first-order valence-corrected chi connectivity index (χ1v) is 21.5. The summed E-state index contributed by atoms with van der Waals surface area (Å²) in [4.78, 5) is 0. The topological polar surface area (TPSA) is 9.86 Å². The van der Waals surface area contributed by atoms with Gasteiger partial charge in [-0.3, -0.25) is 0 Å². The maximum absolute atomic E-state index is 2.57. The molecule has 0 spiro atoms. The minimum atomic E-state index is 0.199. The molecule has 0 radical (unpaired) electrons. The van der Waals surface area contributed by atoms with Gasteiger partial charge in [0, 0.05) is 38.3 Å². The van der Waals surface area contributed by atoms with Crippen molar-refractivity contribution in [2.24, 2.45) is 0 Å². The minimum absolute atomic E-state index is 0.199. The molecule has 2 heterocycles. The van der Waals surface area contributed by atoms with Crippen molar-refractivity contribution in [2.45, 2.75) is 19.4 Å². The van der Waals surface area contributed by atoms with E-state index in [9.17, 15) is 0 Å². The standard InChI is InChI=1S/C59H40N2/c1-2-45-48-17-8-9-18-49(48)51-21-12-20-47(58(45)51)42-24-23-39-34-44(29-25-38(39)33-42)61-54-22-11-10-19-50(54)52-35-40(27-30-55(52)61)41-28-31-56-53(36-41)59-46-16-7-6-13-37(46)26-32-57(59)60(56)43-14-4-3-5-15-43/h2-33,35-36,44H,34H2,1H3/b45-2-. The highest BCUT2D eigenvalue weighted by Crippen LogP contribution is 2.49. The Hall–Kier alpha value is -7.68. The minimum Gasteiger partial charge on any atom is -0.333 e. The number of fused-ring (bicyclic) bond motifs is 12. The summed E-state index contributed by atoms with van der Waals surface area (Å²) < 4.78 is 4.99. The van der Waals surface area contributed by atoms with Gasteiger partial charge >= 0.3 is 0 Å². The Morgan fingerprint density at radius 2 is 1.15 bits per heavy atom. The first-order chi connectivity index (χ1) is 30.2. The summed E-state index contributed by atoms with van der Waals surface area (Å²) in [6, 6.07) is 70.1. The molecule has 0 saturated carbocycles. The van der Waals surface area contributed by atoms with Gasteiger partial charge in [-0.25, -0.2) is 0 Å². The molecule has 286 valence electrons. The smallest absolute Gasteiger partial charge is 0.0566 e. The molecular weight excluding hydrogens is 737 g/mol. The van der Waals surface area contributed by atoms with Crippen LogP contribution >= 0.6 is 0 Å². The largest absolute Gasteiger partial charge is 0.333 e. The van der Waals surface area contributed by atoms with E-state index in [1.807, 2.05) is 0 Å². The molecule has 0 fully saturated rings. The van der Waals surface area contributed by atoms with Crippen molar-refractivity contribution < 1.29 is 0 Å². The zero-order valence-corrected chi connectivity index (χ0v) is 33.8. The maximum atomic E-state index is 2.57. The van der Waals surface area contributed by atoms with Crippen LogP contribution < -0.4 is 0 Å². The van der Waals surface area contributed by atoms with E-state index in [1.54, 1.807) is 0 Å². The third-order valence-corrected chi connectivity index (χ3v) is 13.6. The van der Waals surface area contributed by atoms with Crippen LogP contribution in [0.3, 0.4) is 0 Å². The van der Waals surface area contributed by atoms with Crippen molar-refractivity contribution >= 4 is 66.0 Å². The number of benzene rings is 9. The quantitative estimate of drug-likeness (QED) is 0.168. The Labute approximate surface area is 354 Å². The van der Waals surface area contributed by atoms with E-state index in [2.05, 4.69) is 222 Å². The summed E-state index contributed by atoms with van der Waals surface area (Å²) in [6.07, 6.45) is 8.00. The number of hydrogen-bond donors (Lipinski definition) is 0. The van der Waals surface area contributed by atoms with Crippen LogP contribution in [0.2, 0.25) is 0 Å². The molecule has 61 heavy (non-hydrogen) atoms. The van der Waals surface area contributed by atoms with Crippen LogP contribution in [0.4, 0.5) is 0 Å². The number of para-hydroxylation sites is 2. The van der Waals surface area contributed by atoms with Crippen molar-refractivity contribution in [3.8, 4) is 39.1 Å². The second-order valence-corrected chi connectivity index (χ2v) is 16.7. The Bertz CT molecular complexity index is 3680. The van der Waals surface area contributed by atoms with Gasteiger partial charge in [-0.1, -0.05) is 152 Å². The second-order valence-electron chi connectivity index (χ2n) is 16.7. The zero-order valence-electron chi connectivity index (χ0n) is 33.8. The van der Waals surface area contributed by atoms with Crippen molar-refractivity contribution in [3.05, 3.63) is 222 Å². The molecule has 13 rings (SSSR count). The van der Waals surface area contributed by atoms with Crippen molar-refractivity contribution in [2.75, 3.05) is 0 Å².